The van der Waals surface area contributed by atoms with Crippen LogP contribution in [-0.2, 0) is 22.7 Å². The Morgan fingerprint density at radius 3 is 2.68 bits per heavy atom. The summed E-state index contributed by atoms with van der Waals surface area (Å²) in [4.78, 5) is 28.5. The molecule has 8 heteroatoms. The maximum atomic E-state index is 12.3. The van der Waals surface area contributed by atoms with Crippen LogP contribution in [0.15, 0.2) is 57.7 Å². The van der Waals surface area contributed by atoms with E-state index in [4.69, 9.17) is 9.15 Å². The van der Waals surface area contributed by atoms with Gasteiger partial charge in [0.1, 0.15) is 17.6 Å². The van der Waals surface area contributed by atoms with Crippen molar-refractivity contribution in [2.45, 2.75) is 13.2 Å². The molecule has 25 heavy (non-hydrogen) atoms. The molecule has 0 amide bonds. The molecule has 0 aliphatic rings. The summed E-state index contributed by atoms with van der Waals surface area (Å²) in [5.74, 6) is -0.347. The normalized spacial score (nSPS) is 11.0. The highest BCUT2D eigenvalue weighted by Gasteiger charge is 2.12. The maximum absolute atomic E-state index is 12.3. The van der Waals surface area contributed by atoms with Crippen LogP contribution in [0.3, 0.4) is 0 Å². The van der Waals surface area contributed by atoms with Crippen molar-refractivity contribution in [3.8, 4) is 0 Å². The second-order valence-corrected chi connectivity index (χ2v) is 5.31. The van der Waals surface area contributed by atoms with Crippen LogP contribution in [0.1, 0.15) is 5.89 Å². The first-order valence-corrected chi connectivity index (χ1v) is 7.53. The van der Waals surface area contributed by atoms with Gasteiger partial charge in [0.05, 0.1) is 5.39 Å². The predicted octanol–water partition coefficient (Wildman–Crippen LogP) is 1.68. The van der Waals surface area contributed by atoms with Gasteiger partial charge in [0.25, 0.3) is 5.56 Å². The number of hydrogen-bond acceptors (Lipinski definition) is 7. The predicted molar refractivity (Wildman–Crippen MR) is 87.6 cm³/mol. The molecule has 0 radical (unpaired) electrons. The lowest BCUT2D eigenvalue weighted by Gasteiger charge is -2.04. The highest BCUT2D eigenvalue weighted by molar-refractivity contribution is 5.77. The molecule has 4 rings (SSSR count). The molecule has 0 aliphatic heterocycles. The summed E-state index contributed by atoms with van der Waals surface area (Å²) in [6.45, 7) is -0.458. The Morgan fingerprint density at radius 1 is 1.08 bits per heavy atom. The first kappa shape index (κ1) is 15.0. The SMILES string of the molecule is O=C(Cn1nnc2ccccc2c1=O)OCc1nc2ccccc2o1. The van der Waals surface area contributed by atoms with E-state index < -0.39 is 11.5 Å². The molecule has 0 aliphatic carbocycles. The fourth-order valence-electron chi connectivity index (χ4n) is 2.42. The van der Waals surface area contributed by atoms with Crippen LogP contribution in [-0.4, -0.2) is 25.9 Å². The molecule has 2 aromatic carbocycles. The number of carbonyl (C=O) groups excluding carboxylic acids is 1. The van der Waals surface area contributed by atoms with E-state index in [0.29, 0.717) is 22.0 Å². The van der Waals surface area contributed by atoms with E-state index in [9.17, 15) is 9.59 Å². The Hall–Kier alpha value is -3.55. The molecule has 124 valence electrons. The Kier molecular flexibility index (Phi) is 3.70. The molecule has 0 spiro atoms. The first-order valence-electron chi connectivity index (χ1n) is 7.53. The smallest absolute Gasteiger partial charge is 0.328 e. The van der Waals surface area contributed by atoms with Crippen molar-refractivity contribution >= 4 is 28.0 Å². The second-order valence-electron chi connectivity index (χ2n) is 5.31. The number of oxazole rings is 1. The zero-order valence-corrected chi connectivity index (χ0v) is 13.0. The van der Waals surface area contributed by atoms with Crippen molar-refractivity contribution in [1.82, 2.24) is 20.0 Å². The minimum atomic E-state index is -0.631. The number of nitrogens with zero attached hydrogens (tertiary/aromatic N) is 4. The topological polar surface area (TPSA) is 100 Å². The van der Waals surface area contributed by atoms with Crippen molar-refractivity contribution in [3.05, 3.63) is 64.8 Å². The molecular formula is C17H12N4O4. The van der Waals surface area contributed by atoms with Gasteiger partial charge >= 0.3 is 5.97 Å². The van der Waals surface area contributed by atoms with Gasteiger partial charge in [0.15, 0.2) is 12.2 Å². The van der Waals surface area contributed by atoms with Gasteiger partial charge < -0.3 is 9.15 Å². The summed E-state index contributed by atoms with van der Waals surface area (Å²) in [6.07, 6.45) is 0. The number of aromatic nitrogens is 4. The molecule has 0 saturated heterocycles. The van der Waals surface area contributed by atoms with Crippen molar-refractivity contribution in [2.75, 3.05) is 0 Å². The van der Waals surface area contributed by atoms with Gasteiger partial charge in [-0.05, 0) is 24.3 Å². The summed E-state index contributed by atoms with van der Waals surface area (Å²) < 4.78 is 11.5. The van der Waals surface area contributed by atoms with Crippen LogP contribution in [0.25, 0.3) is 22.0 Å². The van der Waals surface area contributed by atoms with Gasteiger partial charge in [-0.2, -0.15) is 4.68 Å². The van der Waals surface area contributed by atoms with Gasteiger partial charge in [0.2, 0.25) is 5.89 Å². The van der Waals surface area contributed by atoms with E-state index in [1.807, 2.05) is 12.1 Å². The molecule has 0 atom stereocenters. The van der Waals surface area contributed by atoms with E-state index >= 15 is 0 Å². The van der Waals surface area contributed by atoms with Crippen molar-refractivity contribution in [2.24, 2.45) is 0 Å². The molecular weight excluding hydrogens is 324 g/mol. The fourth-order valence-corrected chi connectivity index (χ4v) is 2.42. The zero-order valence-electron chi connectivity index (χ0n) is 13.0. The molecule has 2 heterocycles. The van der Waals surface area contributed by atoms with E-state index in [0.717, 1.165) is 4.68 Å². The highest BCUT2D eigenvalue weighted by atomic mass is 16.5. The largest absolute Gasteiger partial charge is 0.454 e. The monoisotopic (exact) mass is 336 g/mol. The maximum Gasteiger partial charge on any atom is 0.328 e. The van der Waals surface area contributed by atoms with E-state index in [-0.39, 0.29) is 19.0 Å². The van der Waals surface area contributed by atoms with Gasteiger partial charge in [0, 0.05) is 0 Å². The number of fused-ring (bicyclic) bond motifs is 2. The molecule has 8 nitrogen and oxygen atoms in total. The van der Waals surface area contributed by atoms with Crippen molar-refractivity contribution < 1.29 is 13.9 Å². The van der Waals surface area contributed by atoms with Gasteiger partial charge in [-0.15, -0.1) is 5.10 Å². The lowest BCUT2D eigenvalue weighted by molar-refractivity contribution is -0.146. The third-order valence-corrected chi connectivity index (χ3v) is 3.60. The number of hydrogen-bond donors (Lipinski definition) is 0. The number of ether oxygens (including phenoxy) is 1. The van der Waals surface area contributed by atoms with Crippen LogP contribution in [0.4, 0.5) is 0 Å². The van der Waals surface area contributed by atoms with Crippen LogP contribution in [0.5, 0.6) is 0 Å². The summed E-state index contributed by atoms with van der Waals surface area (Å²) in [5.41, 5.74) is 1.38. The Bertz CT molecular complexity index is 1100. The minimum absolute atomic E-state index is 0.122. The number of benzene rings is 2. The van der Waals surface area contributed by atoms with Gasteiger partial charge in [-0.3, -0.25) is 9.59 Å². The lowest BCUT2D eigenvalue weighted by Crippen LogP contribution is -2.28. The standard InChI is InChI=1S/C17H12N4O4/c22-16(24-10-15-18-13-7-3-4-8-14(13)25-15)9-21-17(23)11-5-1-2-6-12(11)19-20-21/h1-8H,9-10H2. The Labute approximate surface area is 140 Å². The van der Waals surface area contributed by atoms with Crippen LogP contribution in [0.2, 0.25) is 0 Å². The van der Waals surface area contributed by atoms with Crippen LogP contribution in [0, 0.1) is 0 Å². The quantitative estimate of drug-likeness (QED) is 0.523. The first-order chi connectivity index (χ1) is 12.2. The Balaban J connectivity index is 1.47. The number of para-hydroxylation sites is 2. The van der Waals surface area contributed by atoms with Crippen molar-refractivity contribution in [1.29, 1.82) is 0 Å². The highest BCUT2D eigenvalue weighted by Crippen LogP contribution is 2.15. The Morgan fingerprint density at radius 2 is 1.84 bits per heavy atom. The molecule has 4 aromatic rings. The molecule has 0 N–H and O–H groups in total. The molecule has 0 bridgehead atoms. The summed E-state index contributed by atoms with van der Waals surface area (Å²) in [5, 5.41) is 8.06. The van der Waals surface area contributed by atoms with E-state index in [1.54, 1.807) is 36.4 Å². The van der Waals surface area contributed by atoms with Crippen LogP contribution >= 0.6 is 0 Å². The van der Waals surface area contributed by atoms with E-state index in [1.165, 1.54) is 0 Å². The van der Waals surface area contributed by atoms with Gasteiger partial charge in [-0.25, -0.2) is 4.98 Å². The molecule has 0 saturated carbocycles. The summed E-state index contributed by atoms with van der Waals surface area (Å²) in [7, 11) is 0. The third kappa shape index (κ3) is 2.97. The molecule has 2 aromatic heterocycles. The third-order valence-electron chi connectivity index (χ3n) is 3.60. The molecule has 0 fully saturated rings. The number of rotatable bonds is 4. The minimum Gasteiger partial charge on any atom is -0.454 e. The van der Waals surface area contributed by atoms with Gasteiger partial charge in [-0.1, -0.05) is 29.5 Å². The van der Waals surface area contributed by atoms with Crippen molar-refractivity contribution in [3.63, 3.8) is 0 Å². The number of esters is 1. The summed E-state index contributed by atoms with van der Waals surface area (Å²) >= 11 is 0. The fraction of sp³-hybridized carbons (Fsp3) is 0.118. The zero-order chi connectivity index (χ0) is 17.2. The van der Waals surface area contributed by atoms with E-state index in [2.05, 4.69) is 15.3 Å². The number of carbonyl (C=O) groups is 1. The second kappa shape index (κ2) is 6.16. The summed E-state index contributed by atoms with van der Waals surface area (Å²) in [6, 6.07) is 14.0. The van der Waals surface area contributed by atoms with Crippen LogP contribution < -0.4 is 5.56 Å². The average Bonchev–Trinajstić information content (AvgIpc) is 3.06. The average molecular weight is 336 g/mol. The molecule has 0 unspecified atom stereocenters. The lowest BCUT2D eigenvalue weighted by atomic mass is 10.2.